The van der Waals surface area contributed by atoms with Crippen molar-refractivity contribution >= 4 is 10.2 Å². The molecule has 0 aromatic heterocycles. The minimum atomic E-state index is -3.20. The van der Waals surface area contributed by atoms with Gasteiger partial charge in [-0.2, -0.15) is 17.0 Å². The summed E-state index contributed by atoms with van der Waals surface area (Å²) in [4.78, 5) is 0. The summed E-state index contributed by atoms with van der Waals surface area (Å²) in [5, 5.41) is 0. The fourth-order valence-corrected chi connectivity index (χ4v) is 3.75. The third-order valence-electron chi connectivity index (χ3n) is 4.53. The molecule has 1 aliphatic heterocycles. The molecule has 1 fully saturated rings. The van der Waals surface area contributed by atoms with Gasteiger partial charge in [-0.1, -0.05) is 40.0 Å². The molecular formula is C13H28N2O2S. The highest BCUT2D eigenvalue weighted by Gasteiger charge is 2.45. The van der Waals surface area contributed by atoms with Gasteiger partial charge in [-0.15, -0.1) is 0 Å². The van der Waals surface area contributed by atoms with Crippen molar-refractivity contribution in [2.75, 3.05) is 27.2 Å². The van der Waals surface area contributed by atoms with Crippen LogP contribution in [0.5, 0.6) is 0 Å². The molecule has 0 aliphatic carbocycles. The molecule has 0 N–H and O–H groups in total. The predicted molar refractivity (Wildman–Crippen MR) is 75.6 cm³/mol. The van der Waals surface area contributed by atoms with Gasteiger partial charge in [0, 0.05) is 27.2 Å². The monoisotopic (exact) mass is 276 g/mol. The second-order valence-corrected chi connectivity index (χ2v) is 8.06. The Hall–Kier alpha value is -0.130. The number of nitrogens with zero attached hydrogens (tertiary/aromatic N) is 2. The van der Waals surface area contributed by atoms with Crippen LogP contribution >= 0.6 is 0 Å². The number of unbranched alkanes of at least 4 members (excludes halogenated alkanes) is 1. The van der Waals surface area contributed by atoms with E-state index < -0.39 is 10.2 Å². The van der Waals surface area contributed by atoms with E-state index in [0.29, 0.717) is 24.4 Å². The van der Waals surface area contributed by atoms with E-state index in [-0.39, 0.29) is 0 Å². The Bertz CT molecular complexity index is 361. The lowest BCUT2D eigenvalue weighted by Gasteiger charge is -2.48. The van der Waals surface area contributed by atoms with Gasteiger partial charge in [-0.3, -0.25) is 0 Å². The van der Waals surface area contributed by atoms with E-state index in [0.717, 1.165) is 6.42 Å². The van der Waals surface area contributed by atoms with Gasteiger partial charge in [0.25, 0.3) is 10.2 Å². The van der Waals surface area contributed by atoms with Gasteiger partial charge in [-0.25, -0.2) is 0 Å². The number of hydrogen-bond donors (Lipinski definition) is 0. The minimum Gasteiger partial charge on any atom is -0.195 e. The normalized spacial score (nSPS) is 21.9. The van der Waals surface area contributed by atoms with Gasteiger partial charge >= 0.3 is 0 Å². The molecule has 1 aliphatic rings. The molecule has 1 unspecified atom stereocenters. The van der Waals surface area contributed by atoms with Crippen LogP contribution in [-0.4, -0.2) is 44.2 Å². The summed E-state index contributed by atoms with van der Waals surface area (Å²) in [6, 6.07) is 0. The average molecular weight is 276 g/mol. The average Bonchev–Trinajstić information content (AvgIpc) is 2.23. The maximum atomic E-state index is 11.9. The van der Waals surface area contributed by atoms with E-state index in [9.17, 15) is 8.42 Å². The quantitative estimate of drug-likeness (QED) is 0.716. The maximum Gasteiger partial charge on any atom is 0.281 e. The van der Waals surface area contributed by atoms with Crippen molar-refractivity contribution in [3.05, 3.63) is 0 Å². The Morgan fingerprint density at radius 2 is 1.83 bits per heavy atom. The first kappa shape index (κ1) is 15.9. The van der Waals surface area contributed by atoms with Gasteiger partial charge in [0.15, 0.2) is 0 Å². The minimum absolute atomic E-state index is 0.300. The van der Waals surface area contributed by atoms with Crippen LogP contribution in [0.25, 0.3) is 0 Å². The van der Waals surface area contributed by atoms with Crippen molar-refractivity contribution in [3.63, 3.8) is 0 Å². The molecular weight excluding hydrogens is 248 g/mol. The fraction of sp³-hybridized carbons (Fsp3) is 1.00. The molecule has 0 aromatic rings. The van der Waals surface area contributed by atoms with Crippen LogP contribution in [-0.2, 0) is 10.2 Å². The first-order chi connectivity index (χ1) is 8.28. The van der Waals surface area contributed by atoms with E-state index in [2.05, 4.69) is 20.8 Å². The summed E-state index contributed by atoms with van der Waals surface area (Å²) < 4.78 is 26.8. The molecule has 5 heteroatoms. The van der Waals surface area contributed by atoms with E-state index in [4.69, 9.17) is 0 Å². The highest BCUT2D eigenvalue weighted by Crippen LogP contribution is 2.42. The first-order valence-electron chi connectivity index (χ1n) is 6.95. The Balaban J connectivity index is 2.60. The summed E-state index contributed by atoms with van der Waals surface area (Å²) >= 11 is 0. The van der Waals surface area contributed by atoms with Crippen molar-refractivity contribution in [2.24, 2.45) is 11.3 Å². The van der Waals surface area contributed by atoms with Crippen LogP contribution in [0.4, 0.5) is 0 Å². The first-order valence-corrected chi connectivity index (χ1v) is 8.35. The Kier molecular flexibility index (Phi) is 5.21. The van der Waals surface area contributed by atoms with Crippen LogP contribution in [0.3, 0.4) is 0 Å². The molecule has 0 saturated carbocycles. The lowest BCUT2D eigenvalue weighted by atomic mass is 9.69. The van der Waals surface area contributed by atoms with Crippen molar-refractivity contribution in [1.82, 2.24) is 8.61 Å². The van der Waals surface area contributed by atoms with E-state index in [1.807, 2.05) is 0 Å². The standard InChI is InChI=1S/C13H28N2O2S/c1-6-8-9-13(3,7-2)12-10-15(11-12)18(16,17)14(4)5/h12H,6-11H2,1-5H3. The van der Waals surface area contributed by atoms with Gasteiger partial charge in [0.2, 0.25) is 0 Å². The fourth-order valence-electron chi connectivity index (χ4n) is 2.55. The third kappa shape index (κ3) is 3.06. The Morgan fingerprint density at radius 1 is 1.28 bits per heavy atom. The Morgan fingerprint density at radius 3 is 2.22 bits per heavy atom. The number of hydrogen-bond acceptors (Lipinski definition) is 2. The Labute approximate surface area is 113 Å². The highest BCUT2D eigenvalue weighted by molar-refractivity contribution is 7.86. The van der Waals surface area contributed by atoms with Crippen LogP contribution < -0.4 is 0 Å². The molecule has 0 bridgehead atoms. The largest absolute Gasteiger partial charge is 0.281 e. The predicted octanol–water partition coefficient (Wildman–Crippen LogP) is 2.33. The van der Waals surface area contributed by atoms with E-state index in [1.54, 1.807) is 18.4 Å². The molecule has 0 spiro atoms. The molecule has 1 rings (SSSR count). The molecule has 0 radical (unpaired) electrons. The lowest BCUT2D eigenvalue weighted by Crippen LogP contribution is -2.58. The summed E-state index contributed by atoms with van der Waals surface area (Å²) in [6.45, 7) is 8.12. The number of rotatable bonds is 7. The summed E-state index contributed by atoms with van der Waals surface area (Å²) in [5.74, 6) is 0.517. The second kappa shape index (κ2) is 5.88. The zero-order valence-electron chi connectivity index (χ0n) is 12.4. The second-order valence-electron chi connectivity index (χ2n) is 5.92. The van der Waals surface area contributed by atoms with Crippen molar-refractivity contribution in [1.29, 1.82) is 0 Å². The molecule has 18 heavy (non-hydrogen) atoms. The van der Waals surface area contributed by atoms with Crippen LogP contribution in [0.15, 0.2) is 0 Å². The summed E-state index contributed by atoms with van der Waals surface area (Å²) in [6.07, 6.45) is 4.79. The molecule has 0 amide bonds. The van der Waals surface area contributed by atoms with Crippen LogP contribution in [0, 0.1) is 11.3 Å². The topological polar surface area (TPSA) is 40.6 Å². The zero-order valence-corrected chi connectivity index (χ0v) is 13.3. The maximum absolute atomic E-state index is 11.9. The van der Waals surface area contributed by atoms with Gasteiger partial charge < -0.3 is 0 Å². The van der Waals surface area contributed by atoms with Crippen molar-refractivity contribution < 1.29 is 8.42 Å². The van der Waals surface area contributed by atoms with Crippen molar-refractivity contribution in [2.45, 2.75) is 46.5 Å². The molecule has 1 atom stereocenters. The van der Waals surface area contributed by atoms with Gasteiger partial charge in [0.05, 0.1) is 0 Å². The lowest BCUT2D eigenvalue weighted by molar-refractivity contribution is 0.0449. The molecule has 0 aromatic carbocycles. The highest BCUT2D eigenvalue weighted by atomic mass is 32.2. The SMILES string of the molecule is CCCCC(C)(CC)C1CN(S(=O)(=O)N(C)C)C1. The van der Waals surface area contributed by atoms with Crippen molar-refractivity contribution in [3.8, 4) is 0 Å². The van der Waals surface area contributed by atoms with Gasteiger partial charge in [-0.05, 0) is 17.8 Å². The smallest absolute Gasteiger partial charge is 0.195 e. The molecule has 4 nitrogen and oxygen atoms in total. The zero-order chi connectivity index (χ0) is 14.0. The summed E-state index contributed by atoms with van der Waals surface area (Å²) in [7, 11) is -0.00343. The summed E-state index contributed by atoms with van der Waals surface area (Å²) in [5.41, 5.74) is 0.300. The molecule has 108 valence electrons. The van der Waals surface area contributed by atoms with E-state index >= 15 is 0 Å². The van der Waals surface area contributed by atoms with E-state index in [1.165, 1.54) is 23.6 Å². The van der Waals surface area contributed by atoms with Crippen LogP contribution in [0.2, 0.25) is 0 Å². The molecule has 1 heterocycles. The van der Waals surface area contributed by atoms with Gasteiger partial charge in [0.1, 0.15) is 0 Å². The third-order valence-corrected chi connectivity index (χ3v) is 6.40. The molecule has 1 saturated heterocycles. The van der Waals surface area contributed by atoms with Crippen LogP contribution in [0.1, 0.15) is 46.5 Å².